The van der Waals surface area contributed by atoms with Gasteiger partial charge in [-0.15, -0.1) is 0 Å². The van der Waals surface area contributed by atoms with Gasteiger partial charge in [0.25, 0.3) is 0 Å². The molecule has 3 rings (SSSR count). The van der Waals surface area contributed by atoms with E-state index in [2.05, 4.69) is 36.2 Å². The van der Waals surface area contributed by atoms with Crippen molar-refractivity contribution in [2.75, 3.05) is 27.5 Å². The molecular weight excluding hydrogens is 278 g/mol. The number of hydrogen-bond donors (Lipinski definition) is 0. The third-order valence-corrected chi connectivity index (χ3v) is 3.83. The molecule has 0 aliphatic carbocycles. The summed E-state index contributed by atoms with van der Waals surface area (Å²) in [6, 6.07) is 14.4. The van der Waals surface area contributed by atoms with E-state index in [0.717, 1.165) is 36.8 Å². The van der Waals surface area contributed by atoms with E-state index < -0.39 is 0 Å². The van der Waals surface area contributed by atoms with Crippen molar-refractivity contribution in [2.45, 2.75) is 13.0 Å². The first kappa shape index (κ1) is 14.7. The lowest BCUT2D eigenvalue weighted by Crippen LogP contribution is -2.20. The van der Waals surface area contributed by atoms with Crippen LogP contribution in [0.15, 0.2) is 42.5 Å². The highest BCUT2D eigenvalue weighted by atomic mass is 16.7. The Labute approximate surface area is 131 Å². The van der Waals surface area contributed by atoms with E-state index in [1.807, 2.05) is 18.2 Å². The Hall–Kier alpha value is -2.20. The van der Waals surface area contributed by atoms with E-state index in [1.54, 1.807) is 7.11 Å². The molecule has 0 saturated heterocycles. The van der Waals surface area contributed by atoms with Gasteiger partial charge in [0, 0.05) is 13.1 Å². The van der Waals surface area contributed by atoms with Crippen LogP contribution in [0.2, 0.25) is 0 Å². The SMILES string of the molecule is COc1ccc(CCN(C)Cc2ccc3c(c2)OCO3)cc1. The summed E-state index contributed by atoms with van der Waals surface area (Å²) in [6.07, 6.45) is 1.02. The van der Waals surface area contributed by atoms with Gasteiger partial charge < -0.3 is 19.1 Å². The second-order valence-electron chi connectivity index (χ2n) is 5.52. The fourth-order valence-electron chi connectivity index (χ4n) is 2.54. The van der Waals surface area contributed by atoms with Gasteiger partial charge in [-0.2, -0.15) is 0 Å². The molecule has 4 heteroatoms. The molecule has 1 aliphatic rings. The fraction of sp³-hybridized carbons (Fsp3) is 0.333. The Morgan fingerprint density at radius 1 is 1.00 bits per heavy atom. The van der Waals surface area contributed by atoms with E-state index in [-0.39, 0.29) is 0 Å². The maximum atomic E-state index is 5.42. The summed E-state index contributed by atoms with van der Waals surface area (Å²) in [6.45, 7) is 2.22. The number of benzene rings is 2. The molecule has 0 bridgehead atoms. The van der Waals surface area contributed by atoms with Crippen LogP contribution in [0.1, 0.15) is 11.1 Å². The van der Waals surface area contributed by atoms with Crippen LogP contribution in [-0.4, -0.2) is 32.4 Å². The van der Waals surface area contributed by atoms with Crippen LogP contribution >= 0.6 is 0 Å². The van der Waals surface area contributed by atoms with Crippen LogP contribution in [0.4, 0.5) is 0 Å². The molecule has 0 N–H and O–H groups in total. The van der Waals surface area contributed by atoms with Crippen molar-refractivity contribution in [2.24, 2.45) is 0 Å². The van der Waals surface area contributed by atoms with Crippen molar-refractivity contribution in [1.82, 2.24) is 4.90 Å². The molecule has 0 unspecified atom stereocenters. The highest BCUT2D eigenvalue weighted by molar-refractivity contribution is 5.44. The van der Waals surface area contributed by atoms with E-state index in [0.29, 0.717) is 6.79 Å². The summed E-state index contributed by atoms with van der Waals surface area (Å²) in [5, 5.41) is 0. The zero-order valence-corrected chi connectivity index (χ0v) is 13.0. The normalized spacial score (nSPS) is 12.7. The molecule has 0 atom stereocenters. The van der Waals surface area contributed by atoms with Crippen molar-refractivity contribution >= 4 is 0 Å². The average Bonchev–Trinajstić information content (AvgIpc) is 3.01. The standard InChI is InChI=1S/C18H21NO3/c1-19(10-9-14-3-6-16(20-2)7-4-14)12-15-5-8-17-18(11-15)22-13-21-17/h3-8,11H,9-10,12-13H2,1-2H3. The predicted molar refractivity (Wildman–Crippen MR) is 85.6 cm³/mol. The molecule has 2 aromatic carbocycles. The Kier molecular flexibility index (Phi) is 4.49. The smallest absolute Gasteiger partial charge is 0.231 e. The van der Waals surface area contributed by atoms with Crippen molar-refractivity contribution in [3.05, 3.63) is 53.6 Å². The van der Waals surface area contributed by atoms with E-state index in [9.17, 15) is 0 Å². The molecule has 22 heavy (non-hydrogen) atoms. The first-order valence-corrected chi connectivity index (χ1v) is 7.44. The van der Waals surface area contributed by atoms with Crippen LogP contribution in [0.5, 0.6) is 17.2 Å². The number of likely N-dealkylation sites (N-methyl/N-ethyl adjacent to an activating group) is 1. The van der Waals surface area contributed by atoms with Gasteiger partial charge in [-0.1, -0.05) is 18.2 Å². The first-order valence-electron chi connectivity index (χ1n) is 7.44. The minimum atomic E-state index is 0.325. The number of nitrogens with zero attached hydrogens (tertiary/aromatic N) is 1. The minimum Gasteiger partial charge on any atom is -0.497 e. The topological polar surface area (TPSA) is 30.9 Å². The third-order valence-electron chi connectivity index (χ3n) is 3.83. The number of methoxy groups -OCH3 is 1. The van der Waals surface area contributed by atoms with Gasteiger partial charge in [-0.25, -0.2) is 0 Å². The van der Waals surface area contributed by atoms with Crippen LogP contribution in [-0.2, 0) is 13.0 Å². The highest BCUT2D eigenvalue weighted by Crippen LogP contribution is 2.32. The lowest BCUT2D eigenvalue weighted by Gasteiger charge is -2.17. The number of rotatable bonds is 6. The zero-order valence-electron chi connectivity index (χ0n) is 13.0. The molecular formula is C18H21NO3. The van der Waals surface area contributed by atoms with E-state index >= 15 is 0 Å². The molecule has 1 aliphatic heterocycles. The molecule has 0 spiro atoms. The summed E-state index contributed by atoms with van der Waals surface area (Å²) in [7, 11) is 3.82. The van der Waals surface area contributed by atoms with E-state index in [4.69, 9.17) is 14.2 Å². The zero-order chi connectivity index (χ0) is 15.4. The van der Waals surface area contributed by atoms with Gasteiger partial charge in [0.2, 0.25) is 6.79 Å². The largest absolute Gasteiger partial charge is 0.497 e. The lowest BCUT2D eigenvalue weighted by atomic mass is 10.1. The van der Waals surface area contributed by atoms with Gasteiger partial charge >= 0.3 is 0 Å². The van der Waals surface area contributed by atoms with Gasteiger partial charge in [0.1, 0.15) is 5.75 Å². The molecule has 0 amide bonds. The second kappa shape index (κ2) is 6.71. The van der Waals surface area contributed by atoms with E-state index in [1.165, 1.54) is 11.1 Å². The Balaban J connectivity index is 1.52. The number of hydrogen-bond acceptors (Lipinski definition) is 4. The molecule has 2 aromatic rings. The molecule has 116 valence electrons. The molecule has 0 saturated carbocycles. The lowest BCUT2D eigenvalue weighted by molar-refractivity contribution is 0.174. The quantitative estimate of drug-likeness (QED) is 0.820. The van der Waals surface area contributed by atoms with Gasteiger partial charge in [-0.05, 0) is 48.9 Å². The van der Waals surface area contributed by atoms with Crippen LogP contribution in [0.3, 0.4) is 0 Å². The van der Waals surface area contributed by atoms with Gasteiger partial charge in [0.15, 0.2) is 11.5 Å². The number of ether oxygens (including phenoxy) is 3. The molecule has 0 fully saturated rings. The van der Waals surface area contributed by atoms with Crippen molar-refractivity contribution < 1.29 is 14.2 Å². The summed E-state index contributed by atoms with van der Waals surface area (Å²) in [5.41, 5.74) is 2.56. The minimum absolute atomic E-state index is 0.325. The van der Waals surface area contributed by atoms with Crippen molar-refractivity contribution in [3.63, 3.8) is 0 Å². The molecule has 1 heterocycles. The molecule has 4 nitrogen and oxygen atoms in total. The monoisotopic (exact) mass is 299 g/mol. The second-order valence-corrected chi connectivity index (χ2v) is 5.52. The summed E-state index contributed by atoms with van der Waals surface area (Å²) >= 11 is 0. The van der Waals surface area contributed by atoms with Crippen molar-refractivity contribution in [3.8, 4) is 17.2 Å². The van der Waals surface area contributed by atoms with Crippen LogP contribution < -0.4 is 14.2 Å². The first-order chi connectivity index (χ1) is 10.7. The maximum absolute atomic E-state index is 5.42. The summed E-state index contributed by atoms with van der Waals surface area (Å²) in [5.74, 6) is 2.59. The fourth-order valence-corrected chi connectivity index (χ4v) is 2.54. The Morgan fingerprint density at radius 2 is 1.73 bits per heavy atom. The third kappa shape index (κ3) is 3.52. The van der Waals surface area contributed by atoms with Crippen molar-refractivity contribution in [1.29, 1.82) is 0 Å². The molecule has 0 radical (unpaired) electrons. The summed E-state index contributed by atoms with van der Waals surface area (Å²) < 4.78 is 15.9. The Morgan fingerprint density at radius 3 is 2.50 bits per heavy atom. The highest BCUT2D eigenvalue weighted by Gasteiger charge is 2.13. The number of fused-ring (bicyclic) bond motifs is 1. The van der Waals surface area contributed by atoms with Crippen LogP contribution in [0, 0.1) is 0 Å². The van der Waals surface area contributed by atoms with Crippen LogP contribution in [0.25, 0.3) is 0 Å². The molecule has 0 aromatic heterocycles. The maximum Gasteiger partial charge on any atom is 0.231 e. The van der Waals surface area contributed by atoms with Gasteiger partial charge in [-0.3, -0.25) is 0 Å². The summed E-state index contributed by atoms with van der Waals surface area (Å²) in [4.78, 5) is 2.31. The average molecular weight is 299 g/mol. The predicted octanol–water partition coefficient (Wildman–Crippen LogP) is 3.10. The van der Waals surface area contributed by atoms with Gasteiger partial charge in [0.05, 0.1) is 7.11 Å². The Bertz CT molecular complexity index is 625.